The second kappa shape index (κ2) is 6.45. The van der Waals surface area contributed by atoms with Gasteiger partial charge in [0.25, 0.3) is 0 Å². The number of aliphatic hydroxyl groups excluding tert-OH is 1. The van der Waals surface area contributed by atoms with E-state index in [1.807, 2.05) is 25.1 Å². The summed E-state index contributed by atoms with van der Waals surface area (Å²) in [6.07, 6.45) is -0.565. The van der Waals surface area contributed by atoms with Gasteiger partial charge in [-0.2, -0.15) is 0 Å². The Kier molecular flexibility index (Phi) is 5.56. The fraction of sp³-hybridized carbons (Fsp3) is 0.600. The van der Waals surface area contributed by atoms with Crippen molar-refractivity contribution in [1.29, 1.82) is 0 Å². The van der Waals surface area contributed by atoms with Crippen molar-refractivity contribution in [2.24, 2.45) is 0 Å². The van der Waals surface area contributed by atoms with E-state index < -0.39 is 6.10 Å². The van der Waals surface area contributed by atoms with Crippen molar-refractivity contribution in [2.45, 2.75) is 6.10 Å². The highest BCUT2D eigenvalue weighted by Gasteiger charge is 2.09. The molecule has 1 aromatic rings. The highest BCUT2D eigenvalue weighted by Crippen LogP contribution is 2.26. The van der Waals surface area contributed by atoms with E-state index in [4.69, 9.17) is 16.3 Å². The lowest BCUT2D eigenvalue weighted by molar-refractivity contribution is 0.0323. The number of ether oxygens (including phenoxy) is 1. The van der Waals surface area contributed by atoms with Crippen LogP contribution in [0.1, 0.15) is 11.0 Å². The third-order valence-electron chi connectivity index (χ3n) is 1.88. The first-order chi connectivity index (χ1) is 7.09. The first kappa shape index (κ1) is 12.9. The summed E-state index contributed by atoms with van der Waals surface area (Å²) in [6.45, 7) is 1.81. The predicted octanol–water partition coefficient (Wildman–Crippen LogP) is 2.01. The zero-order valence-corrected chi connectivity index (χ0v) is 10.5. The first-order valence-electron chi connectivity index (χ1n) is 4.75. The van der Waals surface area contributed by atoms with Crippen LogP contribution in [0.15, 0.2) is 12.1 Å². The molecule has 0 saturated heterocycles. The molecule has 15 heavy (non-hydrogen) atoms. The van der Waals surface area contributed by atoms with E-state index in [0.717, 1.165) is 11.4 Å². The monoisotopic (exact) mass is 249 g/mol. The van der Waals surface area contributed by atoms with Crippen LogP contribution in [0, 0.1) is 0 Å². The average molecular weight is 250 g/mol. The Morgan fingerprint density at radius 1 is 1.53 bits per heavy atom. The van der Waals surface area contributed by atoms with Crippen LogP contribution in [0.25, 0.3) is 0 Å². The number of nitrogens with zero attached hydrogens (tertiary/aromatic N) is 1. The number of hydrogen-bond donors (Lipinski definition) is 1. The molecule has 86 valence electrons. The van der Waals surface area contributed by atoms with Crippen LogP contribution in [0.3, 0.4) is 0 Å². The molecule has 0 aromatic carbocycles. The quantitative estimate of drug-likeness (QED) is 0.783. The fourth-order valence-corrected chi connectivity index (χ4v) is 2.06. The summed E-state index contributed by atoms with van der Waals surface area (Å²) in [6, 6.07) is 3.61. The molecule has 0 saturated carbocycles. The van der Waals surface area contributed by atoms with Gasteiger partial charge in [0, 0.05) is 11.4 Å². The molecule has 0 aliphatic heterocycles. The minimum atomic E-state index is -0.565. The third kappa shape index (κ3) is 4.95. The number of likely N-dealkylation sites (N-methyl/N-ethyl adjacent to an activating group) is 1. The normalized spacial score (nSPS) is 13.4. The third-order valence-corrected chi connectivity index (χ3v) is 3.21. The van der Waals surface area contributed by atoms with E-state index in [1.165, 1.54) is 11.3 Å². The van der Waals surface area contributed by atoms with E-state index in [2.05, 4.69) is 0 Å². The van der Waals surface area contributed by atoms with Gasteiger partial charge in [-0.3, -0.25) is 0 Å². The maximum atomic E-state index is 9.71. The minimum absolute atomic E-state index is 0.324. The topological polar surface area (TPSA) is 32.7 Å². The Morgan fingerprint density at radius 3 is 2.80 bits per heavy atom. The van der Waals surface area contributed by atoms with E-state index in [0.29, 0.717) is 17.6 Å². The second-order valence-electron chi connectivity index (χ2n) is 3.54. The van der Waals surface area contributed by atoms with Gasteiger partial charge >= 0.3 is 0 Å². The van der Waals surface area contributed by atoms with Crippen molar-refractivity contribution >= 4 is 22.9 Å². The van der Waals surface area contributed by atoms with Crippen molar-refractivity contribution in [3.63, 3.8) is 0 Å². The molecule has 1 rings (SSSR count). The molecular weight excluding hydrogens is 234 g/mol. The molecule has 1 atom stereocenters. The lowest BCUT2D eigenvalue weighted by atomic mass is 10.3. The molecule has 1 N–H and O–H groups in total. The lowest BCUT2D eigenvalue weighted by Crippen LogP contribution is -2.19. The summed E-state index contributed by atoms with van der Waals surface area (Å²) in [5.74, 6) is 0. The average Bonchev–Trinajstić information content (AvgIpc) is 2.59. The Hall–Kier alpha value is -0.130. The second-order valence-corrected chi connectivity index (χ2v) is 5.28. The molecule has 0 spiro atoms. The van der Waals surface area contributed by atoms with Crippen LogP contribution in [0.2, 0.25) is 4.34 Å². The van der Waals surface area contributed by atoms with Gasteiger partial charge in [0.2, 0.25) is 0 Å². The van der Waals surface area contributed by atoms with Gasteiger partial charge in [-0.05, 0) is 26.2 Å². The number of rotatable bonds is 6. The fourth-order valence-electron chi connectivity index (χ4n) is 1.03. The Balaban J connectivity index is 2.21. The largest absolute Gasteiger partial charge is 0.385 e. The van der Waals surface area contributed by atoms with Gasteiger partial charge in [-0.1, -0.05) is 11.6 Å². The SMILES string of the molecule is CN(C)CCOCC(O)c1ccc(Cl)s1. The minimum Gasteiger partial charge on any atom is -0.385 e. The van der Waals surface area contributed by atoms with Crippen LogP contribution < -0.4 is 0 Å². The summed E-state index contributed by atoms with van der Waals surface area (Å²) in [5, 5.41) is 9.71. The molecule has 1 aromatic heterocycles. The van der Waals surface area contributed by atoms with Crippen LogP contribution in [-0.4, -0.2) is 43.9 Å². The standard InChI is InChI=1S/C10H16ClNO2S/c1-12(2)5-6-14-7-8(13)9-3-4-10(11)15-9/h3-4,8,13H,5-7H2,1-2H3. The molecule has 0 aliphatic carbocycles. The lowest BCUT2D eigenvalue weighted by Gasteiger charge is -2.12. The molecule has 1 unspecified atom stereocenters. The zero-order chi connectivity index (χ0) is 11.3. The summed E-state index contributed by atoms with van der Waals surface area (Å²) in [5.41, 5.74) is 0. The van der Waals surface area contributed by atoms with Gasteiger partial charge in [0.1, 0.15) is 6.10 Å². The first-order valence-corrected chi connectivity index (χ1v) is 5.95. The summed E-state index contributed by atoms with van der Waals surface area (Å²) in [7, 11) is 3.97. The number of halogens is 1. The van der Waals surface area contributed by atoms with Crippen molar-refractivity contribution in [1.82, 2.24) is 4.90 Å². The molecular formula is C10H16ClNO2S. The Morgan fingerprint density at radius 2 is 2.27 bits per heavy atom. The Bertz CT molecular complexity index is 291. The van der Waals surface area contributed by atoms with Crippen LogP contribution in [0.5, 0.6) is 0 Å². The van der Waals surface area contributed by atoms with Gasteiger partial charge < -0.3 is 14.7 Å². The predicted molar refractivity (Wildman–Crippen MR) is 63.7 cm³/mol. The molecule has 0 amide bonds. The van der Waals surface area contributed by atoms with E-state index in [1.54, 1.807) is 6.07 Å². The molecule has 0 fully saturated rings. The van der Waals surface area contributed by atoms with Crippen LogP contribution in [-0.2, 0) is 4.74 Å². The highest BCUT2D eigenvalue weighted by atomic mass is 35.5. The summed E-state index contributed by atoms with van der Waals surface area (Å²) in [4.78, 5) is 2.89. The molecule has 0 radical (unpaired) electrons. The number of thiophene rings is 1. The molecule has 0 aliphatic rings. The Labute approximate surface area is 99.2 Å². The molecule has 1 heterocycles. The smallest absolute Gasteiger partial charge is 0.111 e. The maximum Gasteiger partial charge on any atom is 0.111 e. The van der Waals surface area contributed by atoms with Crippen molar-refractivity contribution < 1.29 is 9.84 Å². The van der Waals surface area contributed by atoms with Gasteiger partial charge in [-0.25, -0.2) is 0 Å². The van der Waals surface area contributed by atoms with Crippen molar-refractivity contribution in [3.8, 4) is 0 Å². The van der Waals surface area contributed by atoms with Gasteiger partial charge in [0.15, 0.2) is 0 Å². The van der Waals surface area contributed by atoms with E-state index >= 15 is 0 Å². The molecule has 3 nitrogen and oxygen atoms in total. The molecule has 0 bridgehead atoms. The van der Waals surface area contributed by atoms with Crippen LogP contribution in [0.4, 0.5) is 0 Å². The van der Waals surface area contributed by atoms with E-state index in [9.17, 15) is 5.11 Å². The van der Waals surface area contributed by atoms with E-state index in [-0.39, 0.29) is 0 Å². The number of hydrogen-bond acceptors (Lipinski definition) is 4. The van der Waals surface area contributed by atoms with Crippen LogP contribution >= 0.6 is 22.9 Å². The molecule has 5 heteroatoms. The van der Waals surface area contributed by atoms with Crippen molar-refractivity contribution in [2.75, 3.05) is 33.9 Å². The summed E-state index contributed by atoms with van der Waals surface area (Å²) >= 11 is 7.15. The van der Waals surface area contributed by atoms with Gasteiger partial charge in [0.05, 0.1) is 17.6 Å². The zero-order valence-electron chi connectivity index (χ0n) is 8.94. The van der Waals surface area contributed by atoms with Crippen molar-refractivity contribution in [3.05, 3.63) is 21.3 Å². The van der Waals surface area contributed by atoms with Gasteiger partial charge in [-0.15, -0.1) is 11.3 Å². The summed E-state index contributed by atoms with van der Waals surface area (Å²) < 4.78 is 6.03. The maximum absolute atomic E-state index is 9.71. The number of aliphatic hydroxyl groups is 1. The highest BCUT2D eigenvalue weighted by molar-refractivity contribution is 7.16.